The third kappa shape index (κ3) is 7.82. The zero-order valence-electron chi connectivity index (χ0n) is 28.5. The van der Waals surface area contributed by atoms with Gasteiger partial charge >= 0.3 is 0 Å². The van der Waals surface area contributed by atoms with Gasteiger partial charge in [-0.25, -0.2) is 13.8 Å². The van der Waals surface area contributed by atoms with Gasteiger partial charge < -0.3 is 20.5 Å². The normalized spacial score (nSPS) is 16.8. The van der Waals surface area contributed by atoms with E-state index in [9.17, 15) is 4.39 Å². The number of benzene rings is 1. The molecule has 0 atom stereocenters. The van der Waals surface area contributed by atoms with Gasteiger partial charge in [-0.2, -0.15) is 0 Å². The van der Waals surface area contributed by atoms with Gasteiger partial charge in [0, 0.05) is 53.1 Å². The van der Waals surface area contributed by atoms with Gasteiger partial charge in [-0.1, -0.05) is 57.2 Å². The minimum Gasteiger partial charge on any atom is -0.384 e. The number of anilines is 2. The summed E-state index contributed by atoms with van der Waals surface area (Å²) in [6.07, 6.45) is 14.6. The van der Waals surface area contributed by atoms with Crippen LogP contribution in [-0.2, 0) is 0 Å². The van der Waals surface area contributed by atoms with Crippen LogP contribution < -0.4 is 10.6 Å². The topological polar surface area (TPSA) is 68.3 Å². The van der Waals surface area contributed by atoms with Gasteiger partial charge in [-0.05, 0) is 88.2 Å². The SMILES string of the molecule is C=C/C=C(/c1cc(F)cc(NCCN(C)C)c1)c1cc(C2=NC(=C)/C2=C(F)\C(=C/C)c2cncc(NC(=C)C3CCCCC3)c2)[nH]c1C. The minimum atomic E-state index is -0.424. The quantitative estimate of drug-likeness (QED) is 0.162. The summed E-state index contributed by atoms with van der Waals surface area (Å²) in [5, 5.41) is 6.73. The fourth-order valence-electron chi connectivity index (χ4n) is 6.40. The number of allylic oxidation sites excluding steroid dienone is 7. The first-order valence-corrected chi connectivity index (χ1v) is 16.6. The Morgan fingerprint density at radius 2 is 1.81 bits per heavy atom. The van der Waals surface area contributed by atoms with E-state index in [1.807, 2.05) is 45.3 Å². The number of hydrogen-bond acceptors (Lipinski definition) is 5. The first-order chi connectivity index (χ1) is 23.1. The molecule has 5 rings (SSSR count). The molecule has 0 unspecified atom stereocenters. The van der Waals surface area contributed by atoms with E-state index in [1.54, 1.807) is 31.5 Å². The van der Waals surface area contributed by atoms with Crippen LogP contribution in [0.4, 0.5) is 20.2 Å². The molecular weight excluding hydrogens is 602 g/mol. The predicted octanol–water partition coefficient (Wildman–Crippen LogP) is 9.60. The molecule has 6 nitrogen and oxygen atoms in total. The van der Waals surface area contributed by atoms with E-state index in [0.717, 1.165) is 47.6 Å². The molecule has 0 amide bonds. The lowest BCUT2D eigenvalue weighted by molar-refractivity contribution is 0.405. The van der Waals surface area contributed by atoms with E-state index in [0.29, 0.717) is 57.5 Å². The summed E-state index contributed by atoms with van der Waals surface area (Å²) in [6.45, 7) is 17.4. The third-order valence-electron chi connectivity index (χ3n) is 8.91. The number of H-pyrrole nitrogens is 1. The van der Waals surface area contributed by atoms with Gasteiger partial charge in [0.15, 0.2) is 0 Å². The second-order valence-electron chi connectivity index (χ2n) is 12.7. The zero-order valence-corrected chi connectivity index (χ0v) is 28.5. The minimum absolute atomic E-state index is 0.341. The zero-order chi connectivity index (χ0) is 34.4. The molecular formula is C40H46F2N6. The van der Waals surface area contributed by atoms with Crippen LogP contribution in [0.3, 0.4) is 0 Å². The van der Waals surface area contributed by atoms with Gasteiger partial charge in [-0.15, -0.1) is 0 Å². The van der Waals surface area contributed by atoms with Crippen molar-refractivity contribution in [2.45, 2.75) is 46.0 Å². The lowest BCUT2D eigenvalue weighted by Gasteiger charge is -2.25. The molecule has 2 aromatic heterocycles. The Labute approximate surface area is 283 Å². The Bertz CT molecular complexity index is 1830. The van der Waals surface area contributed by atoms with Crippen LogP contribution in [0.2, 0.25) is 0 Å². The summed E-state index contributed by atoms with van der Waals surface area (Å²) in [4.78, 5) is 14.4. The monoisotopic (exact) mass is 648 g/mol. The van der Waals surface area contributed by atoms with Crippen molar-refractivity contribution in [2.24, 2.45) is 10.9 Å². The van der Waals surface area contributed by atoms with E-state index in [-0.39, 0.29) is 5.82 Å². The molecule has 3 heterocycles. The van der Waals surface area contributed by atoms with Crippen LogP contribution >= 0.6 is 0 Å². The molecule has 3 aromatic rings. The smallest absolute Gasteiger partial charge is 0.142 e. The Morgan fingerprint density at radius 1 is 1.06 bits per heavy atom. The molecule has 0 radical (unpaired) electrons. The number of rotatable bonds is 13. The third-order valence-corrected chi connectivity index (χ3v) is 8.91. The molecule has 0 spiro atoms. The van der Waals surface area contributed by atoms with Gasteiger partial charge in [0.1, 0.15) is 11.6 Å². The highest BCUT2D eigenvalue weighted by atomic mass is 19.1. The molecule has 3 N–H and O–H groups in total. The second kappa shape index (κ2) is 15.4. The number of likely N-dealkylation sites (N-methyl/N-ethyl adjacent to an activating group) is 1. The molecule has 250 valence electrons. The summed E-state index contributed by atoms with van der Waals surface area (Å²) >= 11 is 0. The average molecular weight is 649 g/mol. The van der Waals surface area contributed by atoms with Gasteiger partial charge in [0.25, 0.3) is 0 Å². The Hall–Kier alpha value is -4.82. The fraction of sp³-hybridized carbons (Fsp3) is 0.300. The van der Waals surface area contributed by atoms with E-state index in [2.05, 4.69) is 50.2 Å². The Kier molecular flexibility index (Phi) is 11.1. The molecule has 8 heteroatoms. The molecule has 2 aliphatic rings. The molecule has 1 saturated carbocycles. The maximum atomic E-state index is 16.5. The number of halogens is 2. The summed E-state index contributed by atoms with van der Waals surface area (Å²) < 4.78 is 31.3. The van der Waals surface area contributed by atoms with Crippen molar-refractivity contribution in [3.8, 4) is 0 Å². The van der Waals surface area contributed by atoms with Crippen LogP contribution in [0.15, 0.2) is 108 Å². The second-order valence-corrected chi connectivity index (χ2v) is 12.7. The fourth-order valence-corrected chi connectivity index (χ4v) is 6.40. The number of aryl methyl sites for hydroxylation is 1. The Morgan fingerprint density at radius 3 is 2.50 bits per heavy atom. The first kappa shape index (κ1) is 34.5. The Balaban J connectivity index is 1.42. The number of hydrogen-bond donors (Lipinski definition) is 3. The highest BCUT2D eigenvalue weighted by Gasteiger charge is 2.30. The van der Waals surface area contributed by atoms with Gasteiger partial charge in [-0.3, -0.25) is 4.98 Å². The highest BCUT2D eigenvalue weighted by molar-refractivity contribution is 6.21. The number of aromatic amines is 1. The maximum absolute atomic E-state index is 16.5. The van der Waals surface area contributed by atoms with E-state index in [4.69, 9.17) is 0 Å². The van der Waals surface area contributed by atoms with E-state index in [1.165, 1.54) is 31.4 Å². The largest absolute Gasteiger partial charge is 0.384 e. The van der Waals surface area contributed by atoms with E-state index < -0.39 is 5.83 Å². The maximum Gasteiger partial charge on any atom is 0.142 e. The van der Waals surface area contributed by atoms with Crippen molar-refractivity contribution >= 4 is 28.2 Å². The van der Waals surface area contributed by atoms with Crippen molar-refractivity contribution in [3.05, 3.63) is 137 Å². The van der Waals surface area contributed by atoms with Gasteiger partial charge in [0.2, 0.25) is 0 Å². The molecule has 0 saturated heterocycles. The molecule has 1 aliphatic carbocycles. The number of nitrogens with zero attached hydrogens (tertiary/aromatic N) is 3. The molecule has 1 fully saturated rings. The van der Waals surface area contributed by atoms with Crippen molar-refractivity contribution in [2.75, 3.05) is 37.8 Å². The van der Waals surface area contributed by atoms with Crippen LogP contribution in [0.25, 0.3) is 11.1 Å². The molecule has 1 aromatic carbocycles. The van der Waals surface area contributed by atoms with Crippen molar-refractivity contribution in [1.29, 1.82) is 0 Å². The van der Waals surface area contributed by atoms with Crippen molar-refractivity contribution in [1.82, 2.24) is 14.9 Å². The van der Waals surface area contributed by atoms with Gasteiger partial charge in [0.05, 0.1) is 34.6 Å². The predicted molar refractivity (Wildman–Crippen MR) is 197 cm³/mol. The average Bonchev–Trinajstić information content (AvgIpc) is 3.43. The summed E-state index contributed by atoms with van der Waals surface area (Å²) in [7, 11) is 3.99. The molecule has 1 aliphatic heterocycles. The highest BCUT2D eigenvalue weighted by Crippen LogP contribution is 2.39. The van der Waals surface area contributed by atoms with Crippen LogP contribution in [0, 0.1) is 18.7 Å². The van der Waals surface area contributed by atoms with Crippen LogP contribution in [0.5, 0.6) is 0 Å². The van der Waals surface area contributed by atoms with Crippen LogP contribution in [0.1, 0.15) is 67.1 Å². The number of aliphatic imine (C=N–C) groups is 1. The van der Waals surface area contributed by atoms with Crippen LogP contribution in [-0.4, -0.2) is 47.8 Å². The van der Waals surface area contributed by atoms with E-state index >= 15 is 4.39 Å². The number of aromatic nitrogens is 2. The first-order valence-electron chi connectivity index (χ1n) is 16.6. The van der Waals surface area contributed by atoms with Crippen molar-refractivity contribution < 1.29 is 8.78 Å². The lowest BCUT2D eigenvalue weighted by atomic mass is 9.87. The summed E-state index contributed by atoms with van der Waals surface area (Å²) in [5.41, 5.74) is 8.46. The number of pyridine rings is 1. The standard InChI is InChI=1S/C40H46F2N6/c1-8-13-35(29-18-31(41)21-32(19-29)44-16-17-48(6)7)36-22-37(46-26(36)4)40-38(27(5)47-40)39(42)34(9-2)30-20-33(24-43-23-30)45-25(3)28-14-11-10-12-15-28/h8-9,13,18-24,28,44-46H,1,3,5,10-12,14-17H2,2,4,6-7H3/b34-9-,35-13-,39-38-. The molecule has 48 heavy (non-hydrogen) atoms. The number of nitrogens with one attached hydrogen (secondary N) is 3. The summed E-state index contributed by atoms with van der Waals surface area (Å²) in [6, 6.07) is 8.74. The van der Waals surface area contributed by atoms with Crippen molar-refractivity contribution in [3.63, 3.8) is 0 Å². The summed E-state index contributed by atoms with van der Waals surface area (Å²) in [5.74, 6) is -0.337. The molecule has 0 bridgehead atoms. The lowest BCUT2D eigenvalue weighted by Crippen LogP contribution is -2.20.